The van der Waals surface area contributed by atoms with E-state index in [4.69, 9.17) is 37.8 Å². The van der Waals surface area contributed by atoms with Gasteiger partial charge in [-0.25, -0.2) is 9.98 Å². The van der Waals surface area contributed by atoms with Crippen molar-refractivity contribution >= 4 is 34.9 Å². The number of anilines is 3. The number of aromatic nitrogens is 1. The van der Waals surface area contributed by atoms with Crippen molar-refractivity contribution in [3.8, 4) is 23.8 Å². The summed E-state index contributed by atoms with van der Waals surface area (Å²) in [6.07, 6.45) is 1.68. The van der Waals surface area contributed by atoms with Crippen molar-refractivity contribution in [3.05, 3.63) is 33.8 Å². The van der Waals surface area contributed by atoms with Crippen molar-refractivity contribution in [2.45, 2.75) is 26.0 Å². The van der Waals surface area contributed by atoms with Crippen molar-refractivity contribution < 1.29 is 9.47 Å². The van der Waals surface area contributed by atoms with Crippen molar-refractivity contribution in [1.82, 2.24) is 10.3 Å². The molecular weight excluding hydrogens is 408 g/mol. The van der Waals surface area contributed by atoms with Crippen molar-refractivity contribution in [1.29, 1.82) is 10.5 Å². The molecule has 0 saturated carbocycles. The molecule has 2 heterocycles. The summed E-state index contributed by atoms with van der Waals surface area (Å²) in [5.41, 5.74) is 13.3. The number of hydrogen-bond acceptors (Lipinski definition) is 10. The van der Waals surface area contributed by atoms with Crippen LogP contribution in [-0.4, -0.2) is 24.2 Å². The molecule has 0 saturated heterocycles. The van der Waals surface area contributed by atoms with Gasteiger partial charge in [0.25, 0.3) is 0 Å². The SMILES string of the molecule is COc1cc(C2N=C(NC#N)Nc3nc(N)c(C#N)c(N)c32)cc(Cl)c1OC(C)C. The van der Waals surface area contributed by atoms with Crippen LogP contribution in [0.25, 0.3) is 0 Å². The highest BCUT2D eigenvalue weighted by Crippen LogP contribution is 2.45. The number of nitrogens with zero attached hydrogens (tertiary/aromatic N) is 4. The first-order valence-corrected chi connectivity index (χ1v) is 9.21. The number of pyridine rings is 1. The zero-order valence-corrected chi connectivity index (χ0v) is 17.2. The number of halogens is 1. The normalized spacial score (nSPS) is 14.6. The summed E-state index contributed by atoms with van der Waals surface area (Å²) in [7, 11) is 1.50. The van der Waals surface area contributed by atoms with E-state index in [-0.39, 0.29) is 35.0 Å². The zero-order chi connectivity index (χ0) is 22.0. The van der Waals surface area contributed by atoms with Gasteiger partial charge in [0, 0.05) is 5.56 Å². The molecule has 0 radical (unpaired) electrons. The number of aliphatic imine (C=N–C) groups is 1. The molecule has 1 aromatic carbocycles. The van der Waals surface area contributed by atoms with Crippen LogP contribution in [0, 0.1) is 22.8 Å². The first-order valence-electron chi connectivity index (χ1n) is 8.83. The average Bonchev–Trinajstić information content (AvgIpc) is 2.68. The summed E-state index contributed by atoms with van der Waals surface area (Å²) in [5.74, 6) is 1.18. The molecule has 0 fully saturated rings. The maximum atomic E-state index is 9.42. The molecule has 10 nitrogen and oxygen atoms in total. The second kappa shape index (κ2) is 8.23. The zero-order valence-electron chi connectivity index (χ0n) is 16.4. The third-order valence-corrected chi connectivity index (χ3v) is 4.56. The van der Waals surface area contributed by atoms with Crippen LogP contribution in [0.1, 0.15) is 36.6 Å². The molecule has 0 spiro atoms. The summed E-state index contributed by atoms with van der Waals surface area (Å²) in [5, 5.41) is 24.0. The molecule has 1 aliphatic heterocycles. The quantitative estimate of drug-likeness (QED) is 0.424. The fourth-order valence-corrected chi connectivity index (χ4v) is 3.33. The molecular formula is C19H19ClN8O2. The second-order valence-electron chi connectivity index (χ2n) is 6.60. The smallest absolute Gasteiger partial charge is 0.211 e. The van der Waals surface area contributed by atoms with E-state index in [1.165, 1.54) is 7.11 Å². The maximum absolute atomic E-state index is 9.42. The van der Waals surface area contributed by atoms with Gasteiger partial charge in [0.2, 0.25) is 5.96 Å². The molecule has 2 aromatic rings. The molecule has 0 aliphatic carbocycles. The lowest BCUT2D eigenvalue weighted by atomic mass is 9.95. The molecule has 1 unspecified atom stereocenters. The maximum Gasteiger partial charge on any atom is 0.211 e. The van der Waals surface area contributed by atoms with Crippen molar-refractivity contribution in [3.63, 3.8) is 0 Å². The Morgan fingerprint density at radius 2 is 2.03 bits per heavy atom. The Morgan fingerprint density at radius 3 is 2.63 bits per heavy atom. The summed E-state index contributed by atoms with van der Waals surface area (Å²) in [4.78, 5) is 8.72. The van der Waals surface area contributed by atoms with Crippen LogP contribution in [0.2, 0.25) is 5.02 Å². The Morgan fingerprint density at radius 1 is 1.30 bits per heavy atom. The summed E-state index contributed by atoms with van der Waals surface area (Å²) >= 11 is 6.47. The lowest BCUT2D eigenvalue weighted by Crippen LogP contribution is -2.32. The number of nitriles is 2. The number of fused-ring (bicyclic) bond motifs is 1. The van der Waals surface area contributed by atoms with Gasteiger partial charge in [-0.1, -0.05) is 11.6 Å². The molecule has 3 rings (SSSR count). The Kier molecular flexibility index (Phi) is 5.72. The fraction of sp³-hybridized carbons (Fsp3) is 0.263. The number of rotatable bonds is 4. The highest BCUT2D eigenvalue weighted by Gasteiger charge is 2.31. The lowest BCUT2D eigenvalue weighted by molar-refractivity contribution is 0.230. The molecule has 0 bridgehead atoms. The van der Waals surface area contributed by atoms with E-state index in [0.717, 1.165) is 0 Å². The highest BCUT2D eigenvalue weighted by atomic mass is 35.5. The first-order chi connectivity index (χ1) is 14.3. The number of benzene rings is 1. The van der Waals surface area contributed by atoms with E-state index >= 15 is 0 Å². The fourth-order valence-electron chi connectivity index (χ4n) is 3.07. The van der Waals surface area contributed by atoms with E-state index in [9.17, 15) is 5.26 Å². The largest absolute Gasteiger partial charge is 0.493 e. The Bertz CT molecular complexity index is 1120. The summed E-state index contributed by atoms with van der Waals surface area (Å²) in [6, 6.07) is 4.59. The van der Waals surface area contributed by atoms with Gasteiger partial charge in [0.15, 0.2) is 17.7 Å². The second-order valence-corrected chi connectivity index (χ2v) is 7.01. The first kappa shape index (κ1) is 20.8. The third-order valence-electron chi connectivity index (χ3n) is 4.28. The van der Waals surface area contributed by atoms with Gasteiger partial charge < -0.3 is 26.3 Å². The number of nitrogens with one attached hydrogen (secondary N) is 2. The number of ether oxygens (including phenoxy) is 2. The number of nitrogens with two attached hydrogens (primary N) is 2. The molecule has 1 aliphatic rings. The molecule has 1 aromatic heterocycles. The summed E-state index contributed by atoms with van der Waals surface area (Å²) in [6.45, 7) is 3.74. The van der Waals surface area contributed by atoms with Gasteiger partial charge in [0.05, 0.1) is 23.9 Å². The highest BCUT2D eigenvalue weighted by molar-refractivity contribution is 6.32. The number of hydrogen-bond donors (Lipinski definition) is 4. The van der Waals surface area contributed by atoms with Gasteiger partial charge in [-0.05, 0) is 31.5 Å². The Balaban J connectivity index is 2.24. The molecule has 154 valence electrons. The predicted octanol–water partition coefficient (Wildman–Crippen LogP) is 2.51. The van der Waals surface area contributed by atoms with Crippen LogP contribution in [0.5, 0.6) is 11.5 Å². The van der Waals surface area contributed by atoms with Crippen LogP contribution in [0.4, 0.5) is 17.3 Å². The van der Waals surface area contributed by atoms with Gasteiger partial charge in [-0.3, -0.25) is 5.32 Å². The molecule has 1 atom stereocenters. The minimum absolute atomic E-state index is 0.0329. The topological polar surface area (TPSA) is 167 Å². The van der Waals surface area contributed by atoms with Crippen LogP contribution >= 0.6 is 11.6 Å². The Labute approximate surface area is 178 Å². The van der Waals surface area contributed by atoms with E-state index in [1.807, 2.05) is 19.9 Å². The number of nitrogen functional groups attached to an aromatic ring is 2. The van der Waals surface area contributed by atoms with Crippen LogP contribution < -0.4 is 31.6 Å². The van der Waals surface area contributed by atoms with E-state index in [1.54, 1.807) is 18.3 Å². The van der Waals surface area contributed by atoms with E-state index in [2.05, 4.69) is 20.6 Å². The van der Waals surface area contributed by atoms with Crippen molar-refractivity contribution in [2.75, 3.05) is 23.9 Å². The average molecular weight is 427 g/mol. The minimum atomic E-state index is -0.739. The third kappa shape index (κ3) is 3.69. The molecule has 0 amide bonds. The predicted molar refractivity (Wildman–Crippen MR) is 113 cm³/mol. The molecule has 11 heteroatoms. The minimum Gasteiger partial charge on any atom is -0.493 e. The standard InChI is InChI=1S/C19H19ClN8O2/c1-8(2)30-16-11(20)4-9(5-12(16)29-3)15-13-14(23)10(6-21)17(24)27-18(13)28-19(26-15)25-7-22/h4-5,8,15H,1-3H3,(H6,23,24,25,26,27,28). The number of methoxy groups -OCH3 is 1. The van der Waals surface area contributed by atoms with Crippen LogP contribution in [-0.2, 0) is 0 Å². The molecule has 6 N–H and O–H groups in total. The van der Waals surface area contributed by atoms with E-state index < -0.39 is 6.04 Å². The van der Waals surface area contributed by atoms with E-state index in [0.29, 0.717) is 27.6 Å². The van der Waals surface area contributed by atoms with Gasteiger partial charge in [-0.15, -0.1) is 0 Å². The Hall–Kier alpha value is -3.89. The van der Waals surface area contributed by atoms with Crippen LogP contribution in [0.3, 0.4) is 0 Å². The van der Waals surface area contributed by atoms with Gasteiger partial charge in [0.1, 0.15) is 29.3 Å². The number of guanidine groups is 1. The monoisotopic (exact) mass is 426 g/mol. The van der Waals surface area contributed by atoms with Gasteiger partial charge in [-0.2, -0.15) is 10.5 Å². The van der Waals surface area contributed by atoms with Gasteiger partial charge >= 0.3 is 0 Å². The lowest BCUT2D eigenvalue weighted by Gasteiger charge is -2.27. The molecule has 30 heavy (non-hydrogen) atoms. The van der Waals surface area contributed by atoms with Crippen molar-refractivity contribution in [2.24, 2.45) is 4.99 Å². The summed E-state index contributed by atoms with van der Waals surface area (Å²) < 4.78 is 11.2. The van der Waals surface area contributed by atoms with Crippen LogP contribution in [0.15, 0.2) is 17.1 Å².